The zero-order valence-electron chi connectivity index (χ0n) is 11.5. The highest BCUT2D eigenvalue weighted by molar-refractivity contribution is 7.89. The fraction of sp³-hybridized carbons (Fsp3) is 0.538. The van der Waals surface area contributed by atoms with E-state index in [1.807, 2.05) is 6.92 Å². The van der Waals surface area contributed by atoms with Crippen LogP contribution in [0.3, 0.4) is 0 Å². The molecule has 1 unspecified atom stereocenters. The maximum Gasteiger partial charge on any atom is 0.246 e. The quantitative estimate of drug-likeness (QED) is 0.921. The van der Waals surface area contributed by atoms with Gasteiger partial charge in [0, 0.05) is 25.2 Å². The summed E-state index contributed by atoms with van der Waals surface area (Å²) >= 11 is 0. The summed E-state index contributed by atoms with van der Waals surface area (Å²) in [6.45, 7) is 2.64. The Balaban J connectivity index is 2.44. The van der Waals surface area contributed by atoms with Crippen LogP contribution in [0.4, 0.5) is 8.78 Å². The van der Waals surface area contributed by atoms with Crippen LogP contribution in [0.25, 0.3) is 0 Å². The maximum absolute atomic E-state index is 14.3. The summed E-state index contributed by atoms with van der Waals surface area (Å²) in [7, 11) is -2.35. The lowest BCUT2D eigenvalue weighted by molar-refractivity contribution is 0.454. The van der Waals surface area contributed by atoms with Gasteiger partial charge in [-0.25, -0.2) is 17.2 Å². The van der Waals surface area contributed by atoms with E-state index < -0.39 is 26.6 Å². The molecule has 1 aromatic rings. The zero-order valence-corrected chi connectivity index (χ0v) is 12.3. The van der Waals surface area contributed by atoms with Crippen molar-refractivity contribution < 1.29 is 17.2 Å². The lowest BCUT2D eigenvalue weighted by atomic mass is 10.2. The molecular formula is C13H18F2N2O2S. The van der Waals surface area contributed by atoms with Gasteiger partial charge in [0.05, 0.1) is 0 Å². The fourth-order valence-electron chi connectivity index (χ4n) is 2.37. The summed E-state index contributed by atoms with van der Waals surface area (Å²) in [6.07, 6.45) is 0.755. The molecule has 0 spiro atoms. The second-order valence-corrected chi connectivity index (χ2v) is 7.03. The number of hydrogen-bond acceptors (Lipinski definition) is 3. The van der Waals surface area contributed by atoms with Crippen molar-refractivity contribution in [1.82, 2.24) is 9.62 Å². The van der Waals surface area contributed by atoms with Crippen molar-refractivity contribution in [2.45, 2.75) is 24.8 Å². The van der Waals surface area contributed by atoms with Crippen molar-refractivity contribution in [2.24, 2.45) is 5.92 Å². The third kappa shape index (κ3) is 2.70. The van der Waals surface area contributed by atoms with E-state index in [2.05, 4.69) is 5.32 Å². The van der Waals surface area contributed by atoms with Crippen molar-refractivity contribution in [1.29, 1.82) is 0 Å². The molecule has 0 aliphatic carbocycles. The molecule has 1 saturated heterocycles. The molecule has 0 radical (unpaired) electrons. The Morgan fingerprint density at radius 3 is 2.65 bits per heavy atom. The van der Waals surface area contributed by atoms with Crippen molar-refractivity contribution in [3.05, 3.63) is 29.3 Å². The van der Waals surface area contributed by atoms with Crippen LogP contribution in [0.5, 0.6) is 0 Å². The van der Waals surface area contributed by atoms with Gasteiger partial charge in [-0.3, -0.25) is 0 Å². The van der Waals surface area contributed by atoms with E-state index in [0.717, 1.165) is 18.6 Å². The zero-order chi connectivity index (χ0) is 14.9. The molecule has 1 aliphatic heterocycles. The highest BCUT2D eigenvalue weighted by atomic mass is 32.2. The lowest BCUT2D eigenvalue weighted by Crippen LogP contribution is -2.30. The molecule has 0 aromatic heterocycles. The largest absolute Gasteiger partial charge is 0.315 e. The number of nitrogens with zero attached hydrogens (tertiary/aromatic N) is 1. The second-order valence-electron chi connectivity index (χ2n) is 5.13. The molecule has 0 amide bonds. The van der Waals surface area contributed by atoms with Crippen LogP contribution in [0, 0.1) is 17.6 Å². The number of sulfonamides is 1. The molecule has 0 bridgehead atoms. The Kier molecular flexibility index (Phi) is 4.41. The number of rotatable bonds is 4. The molecule has 1 aliphatic rings. The van der Waals surface area contributed by atoms with E-state index >= 15 is 0 Å². The molecule has 1 aromatic carbocycles. The van der Waals surface area contributed by atoms with Crippen molar-refractivity contribution in [2.75, 3.05) is 20.1 Å². The van der Waals surface area contributed by atoms with E-state index in [4.69, 9.17) is 0 Å². The van der Waals surface area contributed by atoms with Gasteiger partial charge in [0.15, 0.2) is 5.82 Å². The normalized spacial score (nSPS) is 20.5. The summed E-state index contributed by atoms with van der Waals surface area (Å²) in [6, 6.07) is 2.00. The summed E-state index contributed by atoms with van der Waals surface area (Å²) in [5.41, 5.74) is -0.249. The number of halogens is 2. The van der Waals surface area contributed by atoms with Gasteiger partial charge in [0.2, 0.25) is 10.0 Å². The Morgan fingerprint density at radius 2 is 2.10 bits per heavy atom. The summed E-state index contributed by atoms with van der Waals surface area (Å²) < 4.78 is 53.9. The molecule has 1 atom stereocenters. The van der Waals surface area contributed by atoms with Crippen molar-refractivity contribution >= 4 is 10.0 Å². The number of nitrogens with one attached hydrogen (secondary N) is 1. The van der Waals surface area contributed by atoms with E-state index in [0.29, 0.717) is 13.1 Å². The minimum Gasteiger partial charge on any atom is -0.315 e. The minimum atomic E-state index is -3.90. The monoisotopic (exact) mass is 304 g/mol. The Labute approximate surface area is 117 Å². The fourth-order valence-corrected chi connectivity index (χ4v) is 4.03. The molecular weight excluding hydrogens is 286 g/mol. The number of benzene rings is 1. The first-order valence-electron chi connectivity index (χ1n) is 6.49. The van der Waals surface area contributed by atoms with E-state index in [1.165, 1.54) is 4.31 Å². The first-order chi connectivity index (χ1) is 9.37. The van der Waals surface area contributed by atoms with Crippen LogP contribution in [-0.2, 0) is 16.6 Å². The van der Waals surface area contributed by atoms with Gasteiger partial charge in [0.1, 0.15) is 10.7 Å². The van der Waals surface area contributed by atoms with Gasteiger partial charge >= 0.3 is 0 Å². The maximum atomic E-state index is 14.3. The Hall–Kier alpha value is -1.05. The minimum absolute atomic E-state index is 0.0581. The molecule has 0 saturated carbocycles. The topological polar surface area (TPSA) is 49.4 Å². The van der Waals surface area contributed by atoms with E-state index in [1.54, 1.807) is 7.05 Å². The van der Waals surface area contributed by atoms with Crippen LogP contribution in [-0.4, -0.2) is 32.9 Å². The average Bonchev–Trinajstić information content (AvgIpc) is 2.81. The van der Waals surface area contributed by atoms with Crippen LogP contribution in [0.1, 0.15) is 18.9 Å². The molecule has 2 rings (SSSR count). The summed E-state index contributed by atoms with van der Waals surface area (Å²) in [5, 5.41) is 2.63. The van der Waals surface area contributed by atoms with Gasteiger partial charge in [-0.2, -0.15) is 4.31 Å². The first kappa shape index (κ1) is 15.3. The molecule has 1 fully saturated rings. The Morgan fingerprint density at radius 1 is 1.40 bits per heavy atom. The molecule has 112 valence electrons. The van der Waals surface area contributed by atoms with Gasteiger partial charge in [-0.1, -0.05) is 6.92 Å². The molecule has 1 heterocycles. The third-order valence-corrected chi connectivity index (χ3v) is 5.39. The molecule has 1 N–H and O–H groups in total. The Bertz CT molecular complexity index is 605. The van der Waals surface area contributed by atoms with E-state index in [9.17, 15) is 17.2 Å². The van der Waals surface area contributed by atoms with Crippen molar-refractivity contribution in [3.63, 3.8) is 0 Å². The third-order valence-electron chi connectivity index (χ3n) is 3.51. The van der Waals surface area contributed by atoms with E-state index in [-0.39, 0.29) is 18.0 Å². The van der Waals surface area contributed by atoms with Crippen LogP contribution in [0.15, 0.2) is 17.0 Å². The predicted molar refractivity (Wildman–Crippen MR) is 71.7 cm³/mol. The summed E-state index contributed by atoms with van der Waals surface area (Å²) in [4.78, 5) is -0.446. The molecule has 4 nitrogen and oxygen atoms in total. The second kappa shape index (κ2) is 5.75. The average molecular weight is 304 g/mol. The SMILES string of the molecule is CNCc1c(F)ccc(S(=O)(=O)N2CCC(C)C2)c1F. The van der Waals surface area contributed by atoms with Crippen LogP contribution in [0.2, 0.25) is 0 Å². The van der Waals surface area contributed by atoms with Gasteiger partial charge in [-0.15, -0.1) is 0 Å². The van der Waals surface area contributed by atoms with Crippen molar-refractivity contribution in [3.8, 4) is 0 Å². The number of hydrogen-bond donors (Lipinski definition) is 1. The first-order valence-corrected chi connectivity index (χ1v) is 7.93. The smallest absolute Gasteiger partial charge is 0.246 e. The summed E-state index contributed by atoms with van der Waals surface area (Å²) in [5.74, 6) is -1.49. The van der Waals surface area contributed by atoms with Crippen LogP contribution >= 0.6 is 0 Å². The standard InChI is InChI=1S/C13H18F2N2O2S/c1-9-5-6-17(8-9)20(18,19)12-4-3-11(14)10(7-16-2)13(12)15/h3-4,9,16H,5-8H2,1-2H3. The predicted octanol–water partition coefficient (Wildman–Crippen LogP) is 1.71. The molecule has 20 heavy (non-hydrogen) atoms. The van der Waals surface area contributed by atoms with Gasteiger partial charge < -0.3 is 5.32 Å². The lowest BCUT2D eigenvalue weighted by Gasteiger charge is -2.17. The van der Waals surface area contributed by atoms with Gasteiger partial charge in [0.25, 0.3) is 0 Å². The van der Waals surface area contributed by atoms with Crippen LogP contribution < -0.4 is 5.32 Å². The van der Waals surface area contributed by atoms with Gasteiger partial charge in [-0.05, 0) is 31.5 Å². The highest BCUT2D eigenvalue weighted by Crippen LogP contribution is 2.27. The molecule has 7 heteroatoms. The highest BCUT2D eigenvalue weighted by Gasteiger charge is 2.33.